The van der Waals surface area contributed by atoms with Gasteiger partial charge in [-0.05, 0) is 47.8 Å². The van der Waals surface area contributed by atoms with Crippen molar-refractivity contribution in [3.05, 3.63) is 59.6 Å². The fourth-order valence-electron chi connectivity index (χ4n) is 2.18. The number of benzene rings is 1. The second kappa shape index (κ2) is 5.35. The molecule has 3 aromatic rings. The van der Waals surface area contributed by atoms with Crippen LogP contribution in [0.5, 0.6) is 5.75 Å². The molecule has 0 spiro atoms. The summed E-state index contributed by atoms with van der Waals surface area (Å²) in [7, 11) is 1.64. The molecule has 1 aromatic carbocycles. The van der Waals surface area contributed by atoms with Crippen molar-refractivity contribution < 1.29 is 9.53 Å². The van der Waals surface area contributed by atoms with Crippen LogP contribution in [-0.4, -0.2) is 18.0 Å². The van der Waals surface area contributed by atoms with Gasteiger partial charge in [0.25, 0.3) is 0 Å². The predicted molar refractivity (Wildman–Crippen MR) is 81.0 cm³/mol. The van der Waals surface area contributed by atoms with E-state index < -0.39 is 0 Å². The van der Waals surface area contributed by atoms with Gasteiger partial charge in [-0.3, -0.25) is 4.79 Å². The van der Waals surface area contributed by atoms with Crippen LogP contribution in [0.4, 0.5) is 0 Å². The Labute approximate surface area is 121 Å². The molecule has 0 saturated carbocycles. The Kier molecular flexibility index (Phi) is 3.39. The first-order valence-corrected chi connectivity index (χ1v) is 7.06. The van der Waals surface area contributed by atoms with Crippen LogP contribution in [0.1, 0.15) is 10.5 Å². The summed E-state index contributed by atoms with van der Waals surface area (Å²) < 4.78 is 7.13. The van der Waals surface area contributed by atoms with Crippen molar-refractivity contribution in [2.75, 3.05) is 7.11 Å². The molecule has 0 saturated heterocycles. The van der Waals surface area contributed by atoms with Crippen LogP contribution in [0.3, 0.4) is 0 Å². The lowest BCUT2D eigenvalue weighted by Gasteiger charge is -2.11. The van der Waals surface area contributed by atoms with Gasteiger partial charge in [-0.25, -0.2) is 0 Å². The molecule has 0 aliphatic heterocycles. The Hall–Kier alpha value is -2.33. The van der Waals surface area contributed by atoms with Crippen molar-refractivity contribution in [1.82, 2.24) is 4.57 Å². The molecule has 100 valence electrons. The quantitative estimate of drug-likeness (QED) is 0.677. The van der Waals surface area contributed by atoms with Crippen molar-refractivity contribution in [3.8, 4) is 22.0 Å². The van der Waals surface area contributed by atoms with Crippen molar-refractivity contribution in [3.63, 3.8) is 0 Å². The largest absolute Gasteiger partial charge is 0.497 e. The number of hydrogen-bond acceptors (Lipinski definition) is 3. The number of aldehydes is 1. The molecule has 20 heavy (non-hydrogen) atoms. The van der Waals surface area contributed by atoms with Gasteiger partial charge >= 0.3 is 0 Å². The topological polar surface area (TPSA) is 31.2 Å². The van der Waals surface area contributed by atoms with E-state index in [1.807, 2.05) is 52.4 Å². The summed E-state index contributed by atoms with van der Waals surface area (Å²) in [6.45, 7) is 0. The molecule has 0 atom stereocenters. The van der Waals surface area contributed by atoms with Gasteiger partial charge < -0.3 is 9.30 Å². The van der Waals surface area contributed by atoms with Crippen LogP contribution in [0.15, 0.2) is 53.9 Å². The lowest BCUT2D eigenvalue weighted by molar-refractivity contribution is 0.111. The molecule has 0 amide bonds. The summed E-state index contributed by atoms with van der Waals surface area (Å²) in [5.41, 5.74) is 2.60. The van der Waals surface area contributed by atoms with Crippen molar-refractivity contribution in [2.24, 2.45) is 0 Å². The van der Waals surface area contributed by atoms with Crippen LogP contribution < -0.4 is 4.74 Å². The molecule has 0 aliphatic carbocycles. The van der Waals surface area contributed by atoms with Crippen molar-refractivity contribution in [2.45, 2.75) is 0 Å². The van der Waals surface area contributed by atoms with Gasteiger partial charge in [-0.2, -0.15) is 0 Å². The van der Waals surface area contributed by atoms with Crippen LogP contribution >= 0.6 is 11.3 Å². The van der Waals surface area contributed by atoms with Gasteiger partial charge in [0.2, 0.25) is 0 Å². The zero-order chi connectivity index (χ0) is 13.9. The first kappa shape index (κ1) is 12.7. The maximum atomic E-state index is 11.3. The molecule has 3 rings (SSSR count). The minimum absolute atomic E-state index is 0.638. The summed E-state index contributed by atoms with van der Waals surface area (Å²) in [5.74, 6) is 0.797. The van der Waals surface area contributed by atoms with E-state index in [1.165, 1.54) is 0 Å². The van der Waals surface area contributed by atoms with Crippen LogP contribution in [-0.2, 0) is 0 Å². The van der Waals surface area contributed by atoms with Gasteiger partial charge in [0.1, 0.15) is 5.75 Å². The third-order valence-corrected chi connectivity index (χ3v) is 4.03. The van der Waals surface area contributed by atoms with Crippen molar-refractivity contribution >= 4 is 17.6 Å². The first-order chi connectivity index (χ1) is 9.83. The molecule has 0 unspecified atom stereocenters. The Bertz CT molecular complexity index is 712. The van der Waals surface area contributed by atoms with E-state index in [9.17, 15) is 4.79 Å². The van der Waals surface area contributed by atoms with E-state index in [0.717, 1.165) is 28.3 Å². The number of methoxy groups -OCH3 is 1. The van der Waals surface area contributed by atoms with E-state index in [-0.39, 0.29) is 0 Å². The second-order valence-electron chi connectivity index (χ2n) is 4.27. The van der Waals surface area contributed by atoms with Gasteiger partial charge in [-0.15, -0.1) is 11.3 Å². The molecule has 0 bridgehead atoms. The molecule has 4 heteroatoms. The number of hydrogen-bond donors (Lipinski definition) is 0. The Morgan fingerprint density at radius 2 is 1.90 bits per heavy atom. The summed E-state index contributed by atoms with van der Waals surface area (Å²) in [5, 5.41) is 2.03. The zero-order valence-corrected chi connectivity index (χ0v) is 11.8. The Balaban J connectivity index is 2.15. The molecule has 3 nitrogen and oxygen atoms in total. The normalized spacial score (nSPS) is 10.4. The summed E-state index contributed by atoms with van der Waals surface area (Å²) >= 11 is 1.65. The van der Waals surface area contributed by atoms with Crippen LogP contribution in [0.2, 0.25) is 0 Å². The van der Waals surface area contributed by atoms with Crippen molar-refractivity contribution in [1.29, 1.82) is 0 Å². The Morgan fingerprint density at radius 1 is 1.10 bits per heavy atom. The van der Waals surface area contributed by atoms with Crippen LogP contribution in [0.25, 0.3) is 16.3 Å². The number of thiophene rings is 1. The highest BCUT2D eigenvalue weighted by atomic mass is 32.1. The molecule has 0 radical (unpaired) electrons. The standard InChI is InChI=1S/C16H13NO2S/c1-19-14-7-4-12(5-8-14)17-13(11-18)6-9-15(17)16-3-2-10-20-16/h2-11H,1H3. The fourth-order valence-corrected chi connectivity index (χ4v) is 2.92. The number of carbonyl (C=O) groups excluding carboxylic acids is 1. The third-order valence-electron chi connectivity index (χ3n) is 3.14. The minimum Gasteiger partial charge on any atom is -0.497 e. The van der Waals surface area contributed by atoms with E-state index in [1.54, 1.807) is 18.4 Å². The van der Waals surface area contributed by atoms with Gasteiger partial charge in [-0.1, -0.05) is 6.07 Å². The number of aromatic nitrogens is 1. The summed E-state index contributed by atoms with van der Waals surface area (Å²) in [6, 6.07) is 15.5. The fraction of sp³-hybridized carbons (Fsp3) is 0.0625. The maximum absolute atomic E-state index is 11.3. The monoisotopic (exact) mass is 283 g/mol. The minimum atomic E-state index is 0.638. The summed E-state index contributed by atoms with van der Waals surface area (Å²) in [6.07, 6.45) is 0.876. The smallest absolute Gasteiger partial charge is 0.166 e. The Morgan fingerprint density at radius 3 is 2.50 bits per heavy atom. The molecular formula is C16H13NO2S. The first-order valence-electron chi connectivity index (χ1n) is 6.18. The number of carbonyl (C=O) groups is 1. The maximum Gasteiger partial charge on any atom is 0.166 e. The lowest BCUT2D eigenvalue weighted by Crippen LogP contribution is -2.00. The molecule has 2 heterocycles. The highest BCUT2D eigenvalue weighted by Gasteiger charge is 2.12. The molecule has 0 N–H and O–H groups in total. The average molecular weight is 283 g/mol. The van der Waals surface area contributed by atoms with E-state index in [4.69, 9.17) is 4.74 Å². The SMILES string of the molecule is COc1ccc(-n2c(C=O)ccc2-c2cccs2)cc1. The highest BCUT2D eigenvalue weighted by Crippen LogP contribution is 2.30. The number of ether oxygens (including phenoxy) is 1. The predicted octanol–water partition coefficient (Wildman–Crippen LogP) is 4.03. The van der Waals surface area contributed by atoms with Crippen LogP contribution in [0, 0.1) is 0 Å². The molecule has 0 fully saturated rings. The highest BCUT2D eigenvalue weighted by molar-refractivity contribution is 7.13. The lowest BCUT2D eigenvalue weighted by atomic mass is 10.2. The average Bonchev–Trinajstić information content (AvgIpc) is 3.15. The van der Waals surface area contributed by atoms with Gasteiger partial charge in [0.05, 0.1) is 23.4 Å². The van der Waals surface area contributed by atoms with E-state index >= 15 is 0 Å². The second-order valence-corrected chi connectivity index (χ2v) is 5.22. The molecule has 0 aliphatic rings. The molecule has 2 aromatic heterocycles. The number of rotatable bonds is 4. The van der Waals surface area contributed by atoms with E-state index in [2.05, 4.69) is 6.07 Å². The molecular weight excluding hydrogens is 270 g/mol. The van der Waals surface area contributed by atoms with E-state index in [0.29, 0.717) is 5.69 Å². The van der Waals surface area contributed by atoms with Gasteiger partial charge in [0, 0.05) is 5.69 Å². The third kappa shape index (κ3) is 2.14. The summed E-state index contributed by atoms with van der Waals surface area (Å²) in [4.78, 5) is 12.4. The zero-order valence-electron chi connectivity index (χ0n) is 10.9. The van der Waals surface area contributed by atoms with Gasteiger partial charge in [0.15, 0.2) is 6.29 Å². The number of nitrogens with zero attached hydrogens (tertiary/aromatic N) is 1.